The summed E-state index contributed by atoms with van der Waals surface area (Å²) in [6.07, 6.45) is 12.0. The summed E-state index contributed by atoms with van der Waals surface area (Å²) in [5, 5.41) is 3.62. The second kappa shape index (κ2) is 7.67. The first-order valence-corrected chi connectivity index (χ1v) is 8.95. The molecule has 0 saturated heterocycles. The molecule has 0 bridgehead atoms. The molecule has 2 rings (SSSR count). The van der Waals surface area contributed by atoms with E-state index in [2.05, 4.69) is 26.1 Å². The van der Waals surface area contributed by atoms with E-state index in [-0.39, 0.29) is 0 Å². The lowest BCUT2D eigenvalue weighted by atomic mass is 9.64. The molecule has 0 aromatic heterocycles. The zero-order chi connectivity index (χ0) is 13.7. The Balaban J connectivity index is 1.89. The molecule has 0 aromatic rings. The molecule has 0 aliphatic heterocycles. The van der Waals surface area contributed by atoms with Gasteiger partial charge >= 0.3 is 0 Å². The van der Waals surface area contributed by atoms with Gasteiger partial charge in [0.05, 0.1) is 0 Å². The Bertz CT molecular complexity index is 240. The summed E-state index contributed by atoms with van der Waals surface area (Å²) in [5.74, 6) is 5.07. The topological polar surface area (TPSA) is 12.0 Å². The van der Waals surface area contributed by atoms with Gasteiger partial charge in [-0.05, 0) is 68.4 Å². The van der Waals surface area contributed by atoms with Gasteiger partial charge in [-0.25, -0.2) is 0 Å². The third-order valence-electron chi connectivity index (χ3n) is 6.04. The quantitative estimate of drug-likeness (QED) is 0.748. The van der Waals surface area contributed by atoms with E-state index in [9.17, 15) is 0 Å². The summed E-state index contributed by atoms with van der Waals surface area (Å²) >= 11 is 0. The molecule has 3 unspecified atom stereocenters. The second-order valence-electron chi connectivity index (χ2n) is 7.34. The van der Waals surface area contributed by atoms with Crippen LogP contribution in [0.4, 0.5) is 0 Å². The van der Waals surface area contributed by atoms with E-state index in [4.69, 9.17) is 0 Å². The molecule has 112 valence electrons. The van der Waals surface area contributed by atoms with E-state index in [1.165, 1.54) is 57.9 Å². The highest BCUT2D eigenvalue weighted by atomic mass is 14.8. The third-order valence-corrected chi connectivity index (χ3v) is 6.04. The fourth-order valence-electron chi connectivity index (χ4n) is 4.67. The molecule has 1 N–H and O–H groups in total. The monoisotopic (exact) mass is 265 g/mol. The standard InChI is InChI=1S/C18H35N/c1-4-15-7-10-16(11-8-15)18-12-14(3)6-9-17(18)13-19-5-2/h14-19H,4-13H2,1-3H3. The lowest BCUT2D eigenvalue weighted by Gasteiger charge is -2.42. The molecular weight excluding hydrogens is 230 g/mol. The van der Waals surface area contributed by atoms with Crippen LogP contribution in [-0.4, -0.2) is 13.1 Å². The van der Waals surface area contributed by atoms with Gasteiger partial charge in [0.25, 0.3) is 0 Å². The van der Waals surface area contributed by atoms with Crippen molar-refractivity contribution in [1.82, 2.24) is 5.32 Å². The van der Waals surface area contributed by atoms with Crippen molar-refractivity contribution in [2.75, 3.05) is 13.1 Å². The normalized spacial score (nSPS) is 40.3. The Morgan fingerprint density at radius 1 is 0.947 bits per heavy atom. The van der Waals surface area contributed by atoms with Crippen LogP contribution in [0.3, 0.4) is 0 Å². The van der Waals surface area contributed by atoms with Gasteiger partial charge in [-0.1, -0.05) is 46.5 Å². The molecule has 2 aliphatic carbocycles. The Morgan fingerprint density at radius 3 is 2.32 bits per heavy atom. The van der Waals surface area contributed by atoms with Gasteiger partial charge in [0.2, 0.25) is 0 Å². The first-order valence-electron chi connectivity index (χ1n) is 8.95. The summed E-state index contributed by atoms with van der Waals surface area (Å²) in [4.78, 5) is 0. The van der Waals surface area contributed by atoms with Crippen LogP contribution in [0, 0.1) is 29.6 Å². The Morgan fingerprint density at radius 2 is 1.68 bits per heavy atom. The maximum absolute atomic E-state index is 3.62. The van der Waals surface area contributed by atoms with Crippen molar-refractivity contribution < 1.29 is 0 Å². The number of hydrogen-bond donors (Lipinski definition) is 1. The summed E-state index contributed by atoms with van der Waals surface area (Å²) < 4.78 is 0. The van der Waals surface area contributed by atoms with Gasteiger partial charge in [-0.2, -0.15) is 0 Å². The van der Waals surface area contributed by atoms with Crippen molar-refractivity contribution in [2.24, 2.45) is 29.6 Å². The zero-order valence-corrected chi connectivity index (χ0v) is 13.5. The predicted molar refractivity (Wildman–Crippen MR) is 84.3 cm³/mol. The average molecular weight is 265 g/mol. The zero-order valence-electron chi connectivity index (χ0n) is 13.5. The van der Waals surface area contributed by atoms with Gasteiger partial charge in [0.1, 0.15) is 0 Å². The van der Waals surface area contributed by atoms with E-state index >= 15 is 0 Å². The van der Waals surface area contributed by atoms with Crippen molar-refractivity contribution in [3.63, 3.8) is 0 Å². The lowest BCUT2D eigenvalue weighted by Crippen LogP contribution is -2.37. The average Bonchev–Trinajstić information content (AvgIpc) is 2.46. The Labute approximate surface area is 120 Å². The summed E-state index contributed by atoms with van der Waals surface area (Å²) in [6, 6.07) is 0. The van der Waals surface area contributed by atoms with Gasteiger partial charge in [0, 0.05) is 0 Å². The molecule has 0 aromatic carbocycles. The fourth-order valence-corrected chi connectivity index (χ4v) is 4.67. The molecule has 0 radical (unpaired) electrons. The van der Waals surface area contributed by atoms with E-state index in [0.29, 0.717) is 0 Å². The van der Waals surface area contributed by atoms with Crippen LogP contribution < -0.4 is 5.32 Å². The first kappa shape index (κ1) is 15.4. The molecule has 0 spiro atoms. The molecule has 2 saturated carbocycles. The van der Waals surface area contributed by atoms with Crippen LogP contribution in [0.15, 0.2) is 0 Å². The Hall–Kier alpha value is -0.0400. The Kier molecular flexibility index (Phi) is 6.19. The molecule has 0 heterocycles. The van der Waals surface area contributed by atoms with Gasteiger partial charge < -0.3 is 5.32 Å². The highest BCUT2D eigenvalue weighted by Gasteiger charge is 2.35. The van der Waals surface area contributed by atoms with Crippen LogP contribution in [-0.2, 0) is 0 Å². The van der Waals surface area contributed by atoms with Gasteiger partial charge in [0.15, 0.2) is 0 Å². The van der Waals surface area contributed by atoms with E-state index < -0.39 is 0 Å². The predicted octanol–water partition coefficient (Wildman–Crippen LogP) is 4.86. The maximum atomic E-state index is 3.62. The van der Waals surface area contributed by atoms with Crippen LogP contribution in [0.1, 0.15) is 72.1 Å². The molecule has 2 aliphatic rings. The smallest absolute Gasteiger partial charge is 0.00179 e. The van der Waals surface area contributed by atoms with Crippen LogP contribution in [0.25, 0.3) is 0 Å². The molecule has 0 amide bonds. The molecule has 19 heavy (non-hydrogen) atoms. The first-order chi connectivity index (χ1) is 9.24. The van der Waals surface area contributed by atoms with Crippen molar-refractivity contribution in [1.29, 1.82) is 0 Å². The minimum atomic E-state index is 0.972. The van der Waals surface area contributed by atoms with Crippen molar-refractivity contribution in [2.45, 2.75) is 72.1 Å². The molecule has 3 atom stereocenters. The second-order valence-corrected chi connectivity index (χ2v) is 7.34. The van der Waals surface area contributed by atoms with Gasteiger partial charge in [-0.3, -0.25) is 0 Å². The summed E-state index contributed by atoms with van der Waals surface area (Å²) in [5.41, 5.74) is 0. The molecule has 1 nitrogen and oxygen atoms in total. The minimum absolute atomic E-state index is 0.972. The van der Waals surface area contributed by atoms with Crippen LogP contribution >= 0.6 is 0 Å². The van der Waals surface area contributed by atoms with Crippen molar-refractivity contribution in [3.8, 4) is 0 Å². The molecule has 1 heteroatoms. The van der Waals surface area contributed by atoms with Crippen molar-refractivity contribution >= 4 is 0 Å². The van der Waals surface area contributed by atoms with Crippen molar-refractivity contribution in [3.05, 3.63) is 0 Å². The highest BCUT2D eigenvalue weighted by Crippen LogP contribution is 2.44. The largest absolute Gasteiger partial charge is 0.317 e. The summed E-state index contributed by atoms with van der Waals surface area (Å²) in [7, 11) is 0. The number of hydrogen-bond acceptors (Lipinski definition) is 1. The lowest BCUT2D eigenvalue weighted by molar-refractivity contribution is 0.0883. The SMILES string of the molecule is CCNCC1CCC(C)CC1C1CCC(CC)CC1. The fraction of sp³-hybridized carbons (Fsp3) is 1.00. The summed E-state index contributed by atoms with van der Waals surface area (Å²) in [6.45, 7) is 9.52. The number of nitrogens with one attached hydrogen (secondary N) is 1. The number of rotatable bonds is 5. The molecule has 2 fully saturated rings. The van der Waals surface area contributed by atoms with Crippen LogP contribution in [0.2, 0.25) is 0 Å². The van der Waals surface area contributed by atoms with Gasteiger partial charge in [-0.15, -0.1) is 0 Å². The minimum Gasteiger partial charge on any atom is -0.317 e. The maximum Gasteiger partial charge on any atom is -0.00179 e. The van der Waals surface area contributed by atoms with E-state index in [1.807, 2.05) is 0 Å². The third kappa shape index (κ3) is 4.21. The highest BCUT2D eigenvalue weighted by molar-refractivity contribution is 4.87. The van der Waals surface area contributed by atoms with E-state index in [1.54, 1.807) is 0 Å². The van der Waals surface area contributed by atoms with E-state index in [0.717, 1.165) is 36.1 Å². The van der Waals surface area contributed by atoms with Crippen LogP contribution in [0.5, 0.6) is 0 Å². The molecular formula is C18H35N.